The molecule has 0 heterocycles. The van der Waals surface area contributed by atoms with Crippen molar-refractivity contribution in [2.45, 2.75) is 26.6 Å². The van der Waals surface area contributed by atoms with E-state index in [1.807, 2.05) is 0 Å². The van der Waals surface area contributed by atoms with Gasteiger partial charge in [-0.3, -0.25) is 4.79 Å². The number of nitrogens with one attached hydrogen (secondary N) is 1. The van der Waals surface area contributed by atoms with Gasteiger partial charge in [-0.05, 0) is 13.8 Å². The maximum absolute atomic E-state index is 11.4. The average Bonchev–Trinajstić information content (AvgIpc) is 2.24. The highest BCUT2D eigenvalue weighted by Crippen LogP contribution is 1.96. The summed E-state index contributed by atoms with van der Waals surface area (Å²) in [5.41, 5.74) is 0. The Morgan fingerprint density at radius 1 is 1.29 bits per heavy atom. The maximum Gasteiger partial charge on any atom is 0.304 e. The van der Waals surface area contributed by atoms with Crippen LogP contribution in [0.5, 0.6) is 0 Å². The first-order chi connectivity index (χ1) is 7.91. The molecular weight excluding hydrogens is 250 g/mol. The molecule has 0 aliphatic carbocycles. The molecular formula is C9H19NO6S. The summed E-state index contributed by atoms with van der Waals surface area (Å²) in [4.78, 5) is 10.2. The van der Waals surface area contributed by atoms with Crippen LogP contribution in [0.4, 0.5) is 0 Å². The third-order valence-corrected chi connectivity index (χ3v) is 3.11. The summed E-state index contributed by atoms with van der Waals surface area (Å²) in [5.74, 6) is -1.60. The molecule has 7 nitrogen and oxygen atoms in total. The summed E-state index contributed by atoms with van der Waals surface area (Å²) >= 11 is 0. The van der Waals surface area contributed by atoms with Gasteiger partial charge >= 0.3 is 5.97 Å². The van der Waals surface area contributed by atoms with E-state index in [0.29, 0.717) is 13.2 Å². The summed E-state index contributed by atoms with van der Waals surface area (Å²) in [6.07, 6.45) is -1.08. The number of rotatable bonds is 10. The molecule has 0 aliphatic rings. The van der Waals surface area contributed by atoms with Gasteiger partial charge < -0.3 is 14.6 Å². The van der Waals surface area contributed by atoms with Crippen LogP contribution in [-0.4, -0.2) is 51.3 Å². The topological polar surface area (TPSA) is 102 Å². The molecule has 8 heteroatoms. The predicted molar refractivity (Wildman–Crippen MR) is 61.1 cm³/mol. The second-order valence-corrected chi connectivity index (χ2v) is 5.08. The summed E-state index contributed by atoms with van der Waals surface area (Å²) in [5, 5.41) is 8.38. The van der Waals surface area contributed by atoms with E-state index in [1.54, 1.807) is 13.8 Å². The van der Waals surface area contributed by atoms with Crippen molar-refractivity contribution in [3.63, 3.8) is 0 Å². The molecule has 0 unspecified atom stereocenters. The zero-order chi connectivity index (χ0) is 13.3. The first-order valence-corrected chi connectivity index (χ1v) is 6.98. The Bertz CT molecular complexity index is 309. The van der Waals surface area contributed by atoms with Crippen LogP contribution < -0.4 is 4.72 Å². The van der Waals surface area contributed by atoms with Crippen molar-refractivity contribution in [1.82, 2.24) is 4.72 Å². The highest BCUT2D eigenvalue weighted by atomic mass is 32.2. The molecule has 0 fully saturated rings. The summed E-state index contributed by atoms with van der Waals surface area (Å²) < 4.78 is 35.2. The zero-order valence-corrected chi connectivity index (χ0v) is 10.8. The molecule has 0 bridgehead atoms. The van der Waals surface area contributed by atoms with E-state index < -0.39 is 34.5 Å². The fourth-order valence-electron chi connectivity index (χ4n) is 1.03. The second kappa shape index (κ2) is 8.40. The first kappa shape index (κ1) is 16.3. The standard InChI is InChI=1S/C9H19NO6S/c1-3-15-9(16-4-2)7-10-17(13,14)6-5-8(11)12/h9-10H,3-7H2,1-2H3,(H,11,12). The van der Waals surface area contributed by atoms with Gasteiger partial charge in [0.25, 0.3) is 0 Å². The number of carboxylic acid groups (broad SMARTS) is 1. The van der Waals surface area contributed by atoms with Crippen LogP contribution in [0, 0.1) is 0 Å². The summed E-state index contributed by atoms with van der Waals surface area (Å²) in [7, 11) is -3.60. The number of hydrogen-bond donors (Lipinski definition) is 2. The molecule has 102 valence electrons. The SMILES string of the molecule is CCOC(CNS(=O)(=O)CCC(=O)O)OCC. The predicted octanol–water partition coefficient (Wildman–Crippen LogP) is -0.220. The van der Waals surface area contributed by atoms with Crippen LogP contribution in [0.1, 0.15) is 20.3 Å². The van der Waals surface area contributed by atoms with Crippen LogP contribution in [0.25, 0.3) is 0 Å². The Kier molecular flexibility index (Phi) is 8.05. The number of carboxylic acids is 1. The van der Waals surface area contributed by atoms with Gasteiger partial charge in [-0.25, -0.2) is 13.1 Å². The fourth-order valence-corrected chi connectivity index (χ4v) is 2.00. The number of sulfonamides is 1. The van der Waals surface area contributed by atoms with Gasteiger partial charge in [0, 0.05) is 13.2 Å². The Labute approximate surface area is 101 Å². The van der Waals surface area contributed by atoms with Gasteiger partial charge in [-0.1, -0.05) is 0 Å². The molecule has 0 saturated carbocycles. The highest BCUT2D eigenvalue weighted by Gasteiger charge is 2.16. The lowest BCUT2D eigenvalue weighted by Crippen LogP contribution is -2.37. The highest BCUT2D eigenvalue weighted by molar-refractivity contribution is 7.89. The van der Waals surface area contributed by atoms with E-state index in [1.165, 1.54) is 0 Å². The average molecular weight is 269 g/mol. The third kappa shape index (κ3) is 9.04. The molecule has 0 aromatic heterocycles. The molecule has 0 saturated heterocycles. The van der Waals surface area contributed by atoms with E-state index in [2.05, 4.69) is 4.72 Å². The van der Waals surface area contributed by atoms with E-state index >= 15 is 0 Å². The number of hydrogen-bond acceptors (Lipinski definition) is 5. The van der Waals surface area contributed by atoms with Crippen molar-refractivity contribution in [2.75, 3.05) is 25.5 Å². The Hall–Kier alpha value is -0.700. The minimum Gasteiger partial charge on any atom is -0.481 e. The van der Waals surface area contributed by atoms with Crippen LogP contribution in [-0.2, 0) is 24.3 Å². The van der Waals surface area contributed by atoms with Crippen LogP contribution >= 0.6 is 0 Å². The van der Waals surface area contributed by atoms with Gasteiger partial charge in [-0.15, -0.1) is 0 Å². The quantitative estimate of drug-likeness (QED) is 0.532. The maximum atomic E-state index is 11.4. The van der Waals surface area contributed by atoms with Crippen LogP contribution in [0.3, 0.4) is 0 Å². The third-order valence-electron chi connectivity index (χ3n) is 1.76. The van der Waals surface area contributed by atoms with Crippen molar-refractivity contribution in [3.05, 3.63) is 0 Å². The lowest BCUT2D eigenvalue weighted by atomic mass is 10.5. The van der Waals surface area contributed by atoms with E-state index in [0.717, 1.165) is 0 Å². The molecule has 0 atom stereocenters. The molecule has 0 spiro atoms. The monoisotopic (exact) mass is 269 g/mol. The Morgan fingerprint density at radius 3 is 2.24 bits per heavy atom. The molecule has 2 N–H and O–H groups in total. The van der Waals surface area contributed by atoms with Gasteiger partial charge in [0.05, 0.1) is 18.7 Å². The number of aliphatic carboxylic acids is 1. The van der Waals surface area contributed by atoms with E-state index in [4.69, 9.17) is 14.6 Å². The van der Waals surface area contributed by atoms with Crippen molar-refractivity contribution in [2.24, 2.45) is 0 Å². The lowest BCUT2D eigenvalue weighted by molar-refractivity contribution is -0.136. The molecule has 17 heavy (non-hydrogen) atoms. The Balaban J connectivity index is 4.08. The minimum atomic E-state index is -3.60. The molecule has 0 radical (unpaired) electrons. The molecule has 0 aliphatic heterocycles. The fraction of sp³-hybridized carbons (Fsp3) is 0.889. The molecule has 0 amide bonds. The van der Waals surface area contributed by atoms with Gasteiger partial charge in [0.1, 0.15) is 0 Å². The molecule has 0 rings (SSSR count). The Morgan fingerprint density at radius 2 is 1.82 bits per heavy atom. The summed E-state index contributed by atoms with van der Waals surface area (Å²) in [6.45, 7) is 4.32. The van der Waals surface area contributed by atoms with Crippen LogP contribution in [0.2, 0.25) is 0 Å². The number of carbonyl (C=O) groups is 1. The molecule has 0 aromatic rings. The van der Waals surface area contributed by atoms with Crippen LogP contribution in [0.15, 0.2) is 0 Å². The van der Waals surface area contributed by atoms with Crippen molar-refractivity contribution < 1.29 is 27.8 Å². The first-order valence-electron chi connectivity index (χ1n) is 5.33. The minimum absolute atomic E-state index is 0.0242. The summed E-state index contributed by atoms with van der Waals surface area (Å²) in [6, 6.07) is 0. The van der Waals surface area contributed by atoms with Crippen molar-refractivity contribution in [3.8, 4) is 0 Å². The van der Waals surface area contributed by atoms with E-state index in [9.17, 15) is 13.2 Å². The van der Waals surface area contributed by atoms with Gasteiger partial charge in [0.15, 0.2) is 6.29 Å². The smallest absolute Gasteiger partial charge is 0.304 e. The van der Waals surface area contributed by atoms with Gasteiger partial charge in [-0.2, -0.15) is 0 Å². The van der Waals surface area contributed by atoms with Gasteiger partial charge in [0.2, 0.25) is 10.0 Å². The largest absolute Gasteiger partial charge is 0.481 e. The van der Waals surface area contributed by atoms with E-state index in [-0.39, 0.29) is 6.54 Å². The zero-order valence-electron chi connectivity index (χ0n) is 10.0. The normalized spacial score (nSPS) is 11.9. The molecule has 0 aromatic carbocycles. The van der Waals surface area contributed by atoms with Crippen molar-refractivity contribution >= 4 is 16.0 Å². The second-order valence-electron chi connectivity index (χ2n) is 3.15. The van der Waals surface area contributed by atoms with Crippen molar-refractivity contribution in [1.29, 1.82) is 0 Å². The number of ether oxygens (including phenoxy) is 2. The lowest BCUT2D eigenvalue weighted by Gasteiger charge is -2.17.